The molecule has 2 aliphatic heterocycles. The van der Waals surface area contributed by atoms with Crippen LogP contribution in [-0.2, 0) is 10.0 Å². The molecule has 0 saturated carbocycles. The molecule has 0 atom stereocenters. The molecule has 2 aromatic heterocycles. The zero-order valence-corrected chi connectivity index (χ0v) is 37.2. The monoisotopic (exact) mass is 875 g/mol. The van der Waals surface area contributed by atoms with Crippen LogP contribution in [-0.4, -0.2) is 130 Å². The number of hydrogen-bond acceptors (Lipinski definition) is 11. The zero-order chi connectivity index (χ0) is 44.7. The van der Waals surface area contributed by atoms with E-state index in [2.05, 4.69) is 30.8 Å². The third-order valence-corrected chi connectivity index (χ3v) is 11.4. The Labute approximate surface area is 368 Å². The van der Waals surface area contributed by atoms with Crippen molar-refractivity contribution < 1.29 is 32.2 Å². The Morgan fingerprint density at radius 2 is 0.952 bits per heavy atom. The van der Waals surface area contributed by atoms with Crippen molar-refractivity contribution in [3.63, 3.8) is 0 Å². The normalized spacial score (nSPS) is 14.1. The Morgan fingerprint density at radius 3 is 1.43 bits per heavy atom. The highest BCUT2D eigenvalue weighted by Gasteiger charge is 2.27. The molecule has 2 aliphatic rings. The van der Waals surface area contributed by atoms with E-state index in [0.29, 0.717) is 56.3 Å². The summed E-state index contributed by atoms with van der Waals surface area (Å²) < 4.78 is 44.5. The molecule has 16 nitrogen and oxygen atoms in total. The molecule has 8 rings (SSSR count). The second-order valence-electron chi connectivity index (χ2n) is 15.2. The van der Waals surface area contributed by atoms with Crippen LogP contribution < -0.4 is 28.7 Å². The molecule has 4 heterocycles. The van der Waals surface area contributed by atoms with Crippen LogP contribution in [0.5, 0.6) is 17.2 Å². The molecule has 63 heavy (non-hydrogen) atoms. The Morgan fingerprint density at radius 1 is 0.524 bits per heavy atom. The lowest BCUT2D eigenvalue weighted by Gasteiger charge is -2.36. The minimum Gasteiger partial charge on any atom is -0.497 e. The van der Waals surface area contributed by atoms with Crippen LogP contribution in [0.25, 0.3) is 11.4 Å². The van der Waals surface area contributed by atoms with Gasteiger partial charge in [0, 0.05) is 81.6 Å². The van der Waals surface area contributed by atoms with E-state index in [1.807, 2.05) is 115 Å². The summed E-state index contributed by atoms with van der Waals surface area (Å²) in [6.45, 7) is 9.13. The van der Waals surface area contributed by atoms with E-state index in [-0.39, 0.29) is 11.8 Å². The first-order chi connectivity index (χ1) is 30.3. The number of hydrogen-bond donors (Lipinski definition) is 1. The number of anilines is 3. The Balaban J connectivity index is 0.000000190. The summed E-state index contributed by atoms with van der Waals surface area (Å²) in [5.74, 6) is 2.24. The van der Waals surface area contributed by atoms with Gasteiger partial charge in [0.05, 0.1) is 50.3 Å². The molecule has 1 N–H and O–H groups in total. The van der Waals surface area contributed by atoms with Crippen LogP contribution in [0.4, 0.5) is 17.1 Å². The second-order valence-corrected chi connectivity index (χ2v) is 17.0. The number of piperazine rings is 2. The van der Waals surface area contributed by atoms with Gasteiger partial charge in [0.15, 0.2) is 0 Å². The van der Waals surface area contributed by atoms with E-state index >= 15 is 0 Å². The van der Waals surface area contributed by atoms with Gasteiger partial charge in [-0.1, -0.05) is 12.1 Å². The van der Waals surface area contributed by atoms with Crippen molar-refractivity contribution in [2.75, 3.05) is 94.5 Å². The SMILES string of the molecule is COc1ccc(-n2nc(C)cc2C(=O)N2CCN(c3ccc(NS(C)(=O)=O)cc3)CC2)cc1.COc1cccc(N2CCN(C(=O)c3cc(C)nn3-c3cccc(OC)c3)CC2)c1. The molecule has 0 unspecified atom stereocenters. The van der Waals surface area contributed by atoms with E-state index in [0.717, 1.165) is 70.7 Å². The molecule has 0 bridgehead atoms. The summed E-state index contributed by atoms with van der Waals surface area (Å²) in [7, 11) is 1.61. The van der Waals surface area contributed by atoms with Crippen molar-refractivity contribution in [1.29, 1.82) is 0 Å². The predicted molar refractivity (Wildman–Crippen MR) is 244 cm³/mol. The highest BCUT2D eigenvalue weighted by atomic mass is 32.2. The van der Waals surface area contributed by atoms with Gasteiger partial charge in [0.1, 0.15) is 28.6 Å². The first-order valence-electron chi connectivity index (χ1n) is 20.5. The number of aryl methyl sites for hydroxylation is 2. The highest BCUT2D eigenvalue weighted by Crippen LogP contribution is 2.25. The summed E-state index contributed by atoms with van der Waals surface area (Å²) in [6.07, 6.45) is 1.12. The fraction of sp³-hybridized carbons (Fsp3) is 0.304. The third-order valence-electron chi connectivity index (χ3n) is 10.8. The van der Waals surface area contributed by atoms with Gasteiger partial charge in [0.2, 0.25) is 10.0 Å². The fourth-order valence-electron chi connectivity index (χ4n) is 7.58. The average molecular weight is 876 g/mol. The van der Waals surface area contributed by atoms with E-state index in [4.69, 9.17) is 14.2 Å². The molecule has 330 valence electrons. The first-order valence-corrected chi connectivity index (χ1v) is 22.4. The molecule has 2 amide bonds. The van der Waals surface area contributed by atoms with Gasteiger partial charge in [-0.2, -0.15) is 10.2 Å². The van der Waals surface area contributed by atoms with Crippen molar-refractivity contribution in [2.45, 2.75) is 13.8 Å². The Bertz CT molecular complexity index is 2630. The van der Waals surface area contributed by atoms with Gasteiger partial charge in [-0.05, 0) is 98.8 Å². The van der Waals surface area contributed by atoms with E-state index in [1.54, 1.807) is 42.8 Å². The molecule has 6 aromatic rings. The van der Waals surface area contributed by atoms with E-state index < -0.39 is 10.0 Å². The van der Waals surface area contributed by atoms with Crippen LogP contribution >= 0.6 is 0 Å². The average Bonchev–Trinajstić information content (AvgIpc) is 3.91. The molecule has 2 fully saturated rings. The summed E-state index contributed by atoms with van der Waals surface area (Å²) in [5.41, 5.74) is 6.90. The zero-order valence-electron chi connectivity index (χ0n) is 36.4. The van der Waals surface area contributed by atoms with Crippen LogP contribution in [0, 0.1) is 13.8 Å². The summed E-state index contributed by atoms with van der Waals surface area (Å²) in [5, 5.41) is 9.06. The topological polar surface area (TPSA) is 157 Å². The molecule has 4 aromatic carbocycles. The smallest absolute Gasteiger partial charge is 0.272 e. The lowest BCUT2D eigenvalue weighted by molar-refractivity contribution is 0.0730. The summed E-state index contributed by atoms with van der Waals surface area (Å²) in [6, 6.07) is 33.9. The highest BCUT2D eigenvalue weighted by molar-refractivity contribution is 7.92. The standard InChI is InChI=1S/C23H27N5O4S.C23H26N4O3/c1-17-16-22(28(24-17)20-8-10-21(32-2)11-9-20)23(29)27-14-12-26(13-15-27)19-6-4-18(5-7-19)25-33(3,30)31;1-17-14-22(27(24-17)19-7-5-9-21(16-19)30-3)23(28)26-12-10-25(11-13-26)18-6-4-8-20(15-18)29-2/h4-11,16,25H,12-15H2,1-3H3;4-9,14-16H,10-13H2,1-3H3. The maximum absolute atomic E-state index is 13.3. The number of benzene rings is 4. The molecule has 2 saturated heterocycles. The molecule has 0 aliphatic carbocycles. The fourth-order valence-corrected chi connectivity index (χ4v) is 8.15. The minimum atomic E-state index is -3.30. The maximum Gasteiger partial charge on any atom is 0.272 e. The maximum atomic E-state index is 13.3. The first kappa shape index (κ1) is 44.1. The number of carbonyl (C=O) groups is 2. The quantitative estimate of drug-likeness (QED) is 0.171. The van der Waals surface area contributed by atoms with Gasteiger partial charge in [0.25, 0.3) is 11.8 Å². The number of ether oxygens (including phenoxy) is 3. The number of carbonyl (C=O) groups excluding carboxylic acids is 2. The molecular weight excluding hydrogens is 823 g/mol. The van der Waals surface area contributed by atoms with Crippen molar-refractivity contribution in [3.8, 4) is 28.6 Å². The number of aromatic nitrogens is 4. The van der Waals surface area contributed by atoms with Gasteiger partial charge < -0.3 is 33.8 Å². The number of methoxy groups -OCH3 is 3. The lowest BCUT2D eigenvalue weighted by atomic mass is 10.2. The van der Waals surface area contributed by atoms with Crippen LogP contribution in [0.15, 0.2) is 109 Å². The Kier molecular flexibility index (Phi) is 13.5. The van der Waals surface area contributed by atoms with Gasteiger partial charge in [-0.15, -0.1) is 0 Å². The number of nitrogens with zero attached hydrogens (tertiary/aromatic N) is 8. The lowest BCUT2D eigenvalue weighted by Crippen LogP contribution is -2.49. The van der Waals surface area contributed by atoms with Crippen molar-refractivity contribution in [2.24, 2.45) is 0 Å². The van der Waals surface area contributed by atoms with Crippen molar-refractivity contribution in [3.05, 3.63) is 132 Å². The van der Waals surface area contributed by atoms with Crippen molar-refractivity contribution >= 4 is 38.9 Å². The number of rotatable bonds is 11. The largest absolute Gasteiger partial charge is 0.497 e. The van der Waals surface area contributed by atoms with E-state index in [9.17, 15) is 18.0 Å². The van der Waals surface area contributed by atoms with Crippen LogP contribution in [0.2, 0.25) is 0 Å². The van der Waals surface area contributed by atoms with Crippen LogP contribution in [0.3, 0.4) is 0 Å². The van der Waals surface area contributed by atoms with E-state index in [1.165, 1.54) is 0 Å². The summed E-state index contributed by atoms with van der Waals surface area (Å²) in [4.78, 5) is 34.8. The van der Waals surface area contributed by atoms with Gasteiger partial charge in [-0.25, -0.2) is 17.8 Å². The molecular formula is C46H53N9O7S. The number of amides is 2. The van der Waals surface area contributed by atoms with Gasteiger partial charge >= 0.3 is 0 Å². The molecule has 0 radical (unpaired) electrons. The predicted octanol–water partition coefficient (Wildman–Crippen LogP) is 5.68. The van der Waals surface area contributed by atoms with Crippen molar-refractivity contribution in [1.82, 2.24) is 29.4 Å². The number of nitrogens with one attached hydrogen (secondary N) is 1. The minimum absolute atomic E-state index is 0.0105. The van der Waals surface area contributed by atoms with Crippen LogP contribution in [0.1, 0.15) is 32.4 Å². The number of sulfonamides is 1. The second kappa shape index (κ2) is 19.4. The molecule has 0 spiro atoms. The van der Waals surface area contributed by atoms with Gasteiger partial charge in [-0.3, -0.25) is 14.3 Å². The third kappa shape index (κ3) is 10.7. The Hall–Kier alpha value is -7.01. The summed E-state index contributed by atoms with van der Waals surface area (Å²) >= 11 is 0. The molecule has 17 heteroatoms.